The first kappa shape index (κ1) is 16.4. The van der Waals surface area contributed by atoms with Crippen LogP contribution in [0.15, 0.2) is 41.3 Å². The van der Waals surface area contributed by atoms with E-state index in [4.69, 9.17) is 34.8 Å². The molecule has 0 spiro atoms. The fourth-order valence-electron chi connectivity index (χ4n) is 1.70. The van der Waals surface area contributed by atoms with Crippen molar-refractivity contribution in [2.24, 2.45) is 0 Å². The Morgan fingerprint density at radius 1 is 1.00 bits per heavy atom. The van der Waals surface area contributed by atoms with Crippen LogP contribution in [0, 0.1) is 0 Å². The summed E-state index contributed by atoms with van der Waals surface area (Å²) in [5.74, 6) is 0. The average molecular weight is 367 g/mol. The summed E-state index contributed by atoms with van der Waals surface area (Å²) in [5.41, 5.74) is 0.389. The van der Waals surface area contributed by atoms with Gasteiger partial charge in [-0.05, 0) is 23.8 Å². The number of hydrogen-bond acceptors (Lipinski definition) is 3. The van der Waals surface area contributed by atoms with Crippen LogP contribution in [-0.4, -0.2) is 13.5 Å². The first-order chi connectivity index (χ1) is 9.85. The van der Waals surface area contributed by atoms with Gasteiger partial charge in [-0.2, -0.15) is 0 Å². The molecule has 0 unspecified atom stereocenters. The molecule has 0 aliphatic carbocycles. The Morgan fingerprint density at radius 2 is 1.62 bits per heavy atom. The van der Waals surface area contributed by atoms with Crippen molar-refractivity contribution < 1.29 is 13.5 Å². The van der Waals surface area contributed by atoms with Gasteiger partial charge in [-0.1, -0.05) is 53.0 Å². The molecule has 2 aromatic rings. The maximum Gasteiger partial charge on any atom is 0.262 e. The van der Waals surface area contributed by atoms with Crippen LogP contribution in [0.3, 0.4) is 0 Å². The molecular weight excluding hydrogens is 357 g/mol. The fourth-order valence-corrected chi connectivity index (χ4v) is 3.65. The van der Waals surface area contributed by atoms with E-state index < -0.39 is 16.6 Å². The third kappa shape index (κ3) is 3.62. The van der Waals surface area contributed by atoms with E-state index in [1.54, 1.807) is 12.1 Å². The van der Waals surface area contributed by atoms with Gasteiger partial charge in [0.2, 0.25) is 0 Å². The second kappa shape index (κ2) is 6.42. The van der Waals surface area contributed by atoms with Crippen molar-refractivity contribution >= 4 is 50.5 Å². The van der Waals surface area contributed by atoms with Crippen molar-refractivity contribution in [3.63, 3.8) is 0 Å². The highest BCUT2D eigenvalue weighted by atomic mass is 35.5. The molecule has 21 heavy (non-hydrogen) atoms. The summed E-state index contributed by atoms with van der Waals surface area (Å²) in [7, 11) is -3.90. The third-order valence-electron chi connectivity index (χ3n) is 2.69. The fraction of sp³-hybridized carbons (Fsp3) is 0.0769. The molecule has 0 heterocycles. The standard InChI is InChI=1S/C13H10Cl3NO3S/c14-9-5-11(16)12(6-10(9)15)17-21(19,20)13-4-2-1-3-8(13)7-18/h1-6,17-18H,7H2. The van der Waals surface area contributed by atoms with E-state index in [0.29, 0.717) is 0 Å². The zero-order chi connectivity index (χ0) is 15.6. The lowest BCUT2D eigenvalue weighted by molar-refractivity contribution is 0.278. The van der Waals surface area contributed by atoms with E-state index in [1.165, 1.54) is 24.3 Å². The minimum absolute atomic E-state index is 0.0327. The lowest BCUT2D eigenvalue weighted by atomic mass is 10.2. The first-order valence-electron chi connectivity index (χ1n) is 5.71. The Labute approximate surface area is 137 Å². The van der Waals surface area contributed by atoms with E-state index in [2.05, 4.69) is 4.72 Å². The minimum atomic E-state index is -3.90. The SMILES string of the molecule is O=S(=O)(Nc1cc(Cl)c(Cl)cc1Cl)c1ccccc1CO. The summed E-state index contributed by atoms with van der Waals surface area (Å²) in [6.07, 6.45) is 0. The lowest BCUT2D eigenvalue weighted by Crippen LogP contribution is -2.15. The predicted molar refractivity (Wildman–Crippen MR) is 84.6 cm³/mol. The van der Waals surface area contributed by atoms with E-state index in [9.17, 15) is 13.5 Å². The summed E-state index contributed by atoms with van der Waals surface area (Å²) in [4.78, 5) is -0.0327. The highest BCUT2D eigenvalue weighted by Crippen LogP contribution is 2.33. The minimum Gasteiger partial charge on any atom is -0.392 e. The van der Waals surface area contributed by atoms with Crippen molar-refractivity contribution in [1.82, 2.24) is 0 Å². The van der Waals surface area contributed by atoms with Gasteiger partial charge in [0.25, 0.3) is 10.0 Å². The van der Waals surface area contributed by atoms with Crippen LogP contribution in [0.2, 0.25) is 15.1 Å². The second-order valence-corrected chi connectivity index (χ2v) is 6.99. The predicted octanol–water partition coefficient (Wildman–Crippen LogP) is 3.94. The third-order valence-corrected chi connectivity index (χ3v) is 5.19. The van der Waals surface area contributed by atoms with Gasteiger partial charge in [-0.25, -0.2) is 8.42 Å². The number of aliphatic hydroxyl groups is 1. The van der Waals surface area contributed by atoms with Gasteiger partial charge in [0.15, 0.2) is 0 Å². The van der Waals surface area contributed by atoms with Crippen LogP contribution in [-0.2, 0) is 16.6 Å². The van der Waals surface area contributed by atoms with Gasteiger partial charge >= 0.3 is 0 Å². The second-order valence-electron chi connectivity index (χ2n) is 4.12. The van der Waals surface area contributed by atoms with Crippen LogP contribution in [0.25, 0.3) is 0 Å². The average Bonchev–Trinajstić information content (AvgIpc) is 2.44. The molecule has 0 aliphatic rings. The van der Waals surface area contributed by atoms with Gasteiger partial charge in [0, 0.05) is 0 Å². The van der Waals surface area contributed by atoms with Crippen molar-refractivity contribution in [1.29, 1.82) is 0 Å². The van der Waals surface area contributed by atoms with E-state index in [1.807, 2.05) is 0 Å². The monoisotopic (exact) mass is 365 g/mol. The molecule has 0 fully saturated rings. The van der Waals surface area contributed by atoms with Crippen LogP contribution < -0.4 is 4.72 Å². The first-order valence-corrected chi connectivity index (χ1v) is 8.33. The van der Waals surface area contributed by atoms with E-state index >= 15 is 0 Å². The largest absolute Gasteiger partial charge is 0.392 e. The van der Waals surface area contributed by atoms with Gasteiger partial charge < -0.3 is 5.11 Å². The van der Waals surface area contributed by atoms with Gasteiger partial charge in [0.05, 0.1) is 32.3 Å². The van der Waals surface area contributed by atoms with E-state index in [0.717, 1.165) is 0 Å². The zero-order valence-electron chi connectivity index (χ0n) is 10.5. The number of hydrogen-bond donors (Lipinski definition) is 2. The summed E-state index contributed by atoms with van der Waals surface area (Å²) in [5, 5.41) is 9.74. The van der Waals surface area contributed by atoms with E-state index in [-0.39, 0.29) is 31.2 Å². The number of halogens is 3. The van der Waals surface area contributed by atoms with Crippen LogP contribution >= 0.6 is 34.8 Å². The molecule has 112 valence electrons. The normalized spacial score (nSPS) is 11.4. The molecule has 0 atom stereocenters. The topological polar surface area (TPSA) is 66.4 Å². The molecule has 8 heteroatoms. The molecular formula is C13H10Cl3NO3S. The number of sulfonamides is 1. The number of benzene rings is 2. The highest BCUT2D eigenvalue weighted by molar-refractivity contribution is 7.92. The molecule has 0 radical (unpaired) electrons. The number of rotatable bonds is 4. The molecule has 0 amide bonds. The quantitative estimate of drug-likeness (QED) is 0.805. The summed E-state index contributed by atoms with van der Waals surface area (Å²) >= 11 is 17.6. The van der Waals surface area contributed by atoms with Crippen molar-refractivity contribution in [3.8, 4) is 0 Å². The Hall–Kier alpha value is -0.980. The number of anilines is 1. The lowest BCUT2D eigenvalue weighted by Gasteiger charge is -2.13. The van der Waals surface area contributed by atoms with Crippen LogP contribution in [0.5, 0.6) is 0 Å². The summed E-state index contributed by atoms with van der Waals surface area (Å²) < 4.78 is 27.1. The molecule has 0 bridgehead atoms. The molecule has 2 rings (SSSR count). The maximum absolute atomic E-state index is 12.4. The molecule has 4 nitrogen and oxygen atoms in total. The Morgan fingerprint density at radius 3 is 2.29 bits per heavy atom. The smallest absolute Gasteiger partial charge is 0.262 e. The van der Waals surface area contributed by atoms with Crippen molar-refractivity contribution in [2.45, 2.75) is 11.5 Å². The maximum atomic E-state index is 12.4. The number of nitrogens with one attached hydrogen (secondary N) is 1. The Balaban J connectivity index is 2.45. The van der Waals surface area contributed by atoms with Crippen molar-refractivity contribution in [3.05, 3.63) is 57.0 Å². The zero-order valence-corrected chi connectivity index (χ0v) is 13.6. The van der Waals surface area contributed by atoms with Gasteiger partial charge in [-0.3, -0.25) is 4.72 Å². The van der Waals surface area contributed by atoms with Gasteiger partial charge in [-0.15, -0.1) is 0 Å². The van der Waals surface area contributed by atoms with Crippen LogP contribution in [0.4, 0.5) is 5.69 Å². The van der Waals surface area contributed by atoms with Crippen molar-refractivity contribution in [2.75, 3.05) is 4.72 Å². The molecule has 0 saturated carbocycles. The molecule has 0 aromatic heterocycles. The molecule has 0 aliphatic heterocycles. The van der Waals surface area contributed by atoms with Gasteiger partial charge in [0.1, 0.15) is 0 Å². The Kier molecular flexibility index (Phi) is 5.01. The highest BCUT2D eigenvalue weighted by Gasteiger charge is 2.19. The summed E-state index contributed by atoms with van der Waals surface area (Å²) in [6, 6.07) is 8.78. The summed E-state index contributed by atoms with van der Waals surface area (Å²) in [6.45, 7) is -0.397. The molecule has 2 aromatic carbocycles. The number of aliphatic hydroxyl groups excluding tert-OH is 1. The van der Waals surface area contributed by atoms with Crippen LogP contribution in [0.1, 0.15) is 5.56 Å². The molecule has 0 saturated heterocycles. The molecule has 2 N–H and O–H groups in total. The Bertz CT molecular complexity index is 778.